The maximum Gasteiger partial charge on any atom is 0.419 e. The number of amides is 1. The molecule has 0 radical (unpaired) electrons. The summed E-state index contributed by atoms with van der Waals surface area (Å²) in [6.45, 7) is -0.746. The summed E-state index contributed by atoms with van der Waals surface area (Å²) in [5.41, 5.74) is -0.849. The van der Waals surface area contributed by atoms with Crippen LogP contribution in [0.15, 0.2) is 42.5 Å². The van der Waals surface area contributed by atoms with E-state index in [1.807, 2.05) is 0 Å². The van der Waals surface area contributed by atoms with Crippen molar-refractivity contribution in [3.05, 3.63) is 64.4 Å². The Morgan fingerprint density at radius 2 is 1.84 bits per heavy atom. The van der Waals surface area contributed by atoms with Gasteiger partial charge in [0.25, 0.3) is 5.91 Å². The monoisotopic (exact) mass is 375 g/mol. The minimum atomic E-state index is -4.59. The highest BCUT2D eigenvalue weighted by atomic mass is 35.5. The van der Waals surface area contributed by atoms with E-state index < -0.39 is 35.8 Å². The van der Waals surface area contributed by atoms with E-state index in [0.717, 1.165) is 17.0 Å². The maximum atomic E-state index is 13.7. The van der Waals surface area contributed by atoms with Gasteiger partial charge in [-0.2, -0.15) is 13.2 Å². The quantitative estimate of drug-likeness (QED) is 0.718. The highest BCUT2D eigenvalue weighted by Gasteiger charge is 2.34. The largest absolute Gasteiger partial charge is 0.483 e. The molecule has 0 aromatic heterocycles. The van der Waals surface area contributed by atoms with Crippen LogP contribution in [0.3, 0.4) is 0 Å². The van der Waals surface area contributed by atoms with Gasteiger partial charge in [-0.1, -0.05) is 29.8 Å². The number of carbonyl (C=O) groups excluding carboxylic acids is 1. The van der Waals surface area contributed by atoms with Crippen molar-refractivity contribution in [1.82, 2.24) is 4.90 Å². The van der Waals surface area contributed by atoms with E-state index in [4.69, 9.17) is 16.3 Å². The van der Waals surface area contributed by atoms with Crippen molar-refractivity contribution in [2.75, 3.05) is 13.7 Å². The van der Waals surface area contributed by atoms with Gasteiger partial charge in [-0.15, -0.1) is 0 Å². The molecule has 134 valence electrons. The Morgan fingerprint density at radius 1 is 1.16 bits per heavy atom. The zero-order valence-corrected chi connectivity index (χ0v) is 13.9. The number of hydrogen-bond acceptors (Lipinski definition) is 2. The van der Waals surface area contributed by atoms with Gasteiger partial charge in [0, 0.05) is 24.2 Å². The van der Waals surface area contributed by atoms with Gasteiger partial charge in [0.1, 0.15) is 11.6 Å². The van der Waals surface area contributed by atoms with Crippen LogP contribution < -0.4 is 4.74 Å². The van der Waals surface area contributed by atoms with E-state index in [1.54, 1.807) is 0 Å². The van der Waals surface area contributed by atoms with Crippen LogP contribution in [0.2, 0.25) is 5.02 Å². The van der Waals surface area contributed by atoms with Gasteiger partial charge in [-0.25, -0.2) is 4.39 Å². The summed E-state index contributed by atoms with van der Waals surface area (Å²) in [5, 5.41) is 0.156. The number of halogens is 5. The molecule has 0 aliphatic rings. The van der Waals surface area contributed by atoms with Crippen LogP contribution in [-0.4, -0.2) is 24.5 Å². The predicted molar refractivity (Wildman–Crippen MR) is 84.8 cm³/mol. The van der Waals surface area contributed by atoms with Crippen molar-refractivity contribution in [2.24, 2.45) is 0 Å². The molecule has 0 bridgehead atoms. The van der Waals surface area contributed by atoms with Crippen LogP contribution in [0.5, 0.6) is 5.75 Å². The number of carbonyl (C=O) groups is 1. The smallest absolute Gasteiger partial charge is 0.419 e. The summed E-state index contributed by atoms with van der Waals surface area (Å²) in [5.74, 6) is -1.63. The number of nitrogens with zero attached hydrogens (tertiary/aromatic N) is 1. The average molecular weight is 376 g/mol. The van der Waals surface area contributed by atoms with E-state index in [0.29, 0.717) is 0 Å². The molecule has 2 aromatic carbocycles. The first kappa shape index (κ1) is 19.1. The first-order chi connectivity index (χ1) is 11.7. The van der Waals surface area contributed by atoms with Crippen LogP contribution in [-0.2, 0) is 17.5 Å². The topological polar surface area (TPSA) is 29.5 Å². The second-order valence-electron chi connectivity index (χ2n) is 5.23. The molecule has 25 heavy (non-hydrogen) atoms. The minimum Gasteiger partial charge on any atom is -0.483 e. The van der Waals surface area contributed by atoms with Crippen LogP contribution >= 0.6 is 11.6 Å². The zero-order chi connectivity index (χ0) is 18.6. The second-order valence-corrected chi connectivity index (χ2v) is 5.64. The molecule has 0 heterocycles. The summed E-state index contributed by atoms with van der Waals surface area (Å²) in [6, 6.07) is 8.71. The van der Waals surface area contributed by atoms with Crippen LogP contribution in [0.1, 0.15) is 11.1 Å². The number of rotatable bonds is 5. The lowest BCUT2D eigenvalue weighted by Crippen LogP contribution is -2.31. The Morgan fingerprint density at radius 3 is 2.48 bits per heavy atom. The normalized spacial score (nSPS) is 11.3. The Balaban J connectivity index is 2.04. The molecule has 2 aromatic rings. The zero-order valence-electron chi connectivity index (χ0n) is 13.1. The van der Waals surface area contributed by atoms with Crippen molar-refractivity contribution < 1.29 is 27.1 Å². The minimum absolute atomic E-state index is 0.121. The number of benzene rings is 2. The molecular weight excluding hydrogens is 362 g/mol. The van der Waals surface area contributed by atoms with E-state index in [2.05, 4.69) is 0 Å². The predicted octanol–water partition coefficient (Wildman–Crippen LogP) is 4.54. The van der Waals surface area contributed by atoms with Gasteiger partial charge in [0.2, 0.25) is 0 Å². The first-order valence-corrected chi connectivity index (χ1v) is 7.54. The third-order valence-electron chi connectivity index (χ3n) is 3.43. The molecular formula is C17H14ClF4NO2. The fraction of sp³-hybridized carbons (Fsp3) is 0.235. The van der Waals surface area contributed by atoms with Gasteiger partial charge < -0.3 is 9.64 Å². The summed E-state index contributed by atoms with van der Waals surface area (Å²) in [4.78, 5) is 13.2. The highest BCUT2D eigenvalue weighted by molar-refractivity contribution is 6.31. The highest BCUT2D eigenvalue weighted by Crippen LogP contribution is 2.35. The lowest BCUT2D eigenvalue weighted by atomic mass is 10.2. The van der Waals surface area contributed by atoms with Gasteiger partial charge in [-0.05, 0) is 24.3 Å². The molecule has 1 amide bonds. The fourth-order valence-electron chi connectivity index (χ4n) is 2.09. The fourth-order valence-corrected chi connectivity index (χ4v) is 2.31. The summed E-state index contributed by atoms with van der Waals surface area (Å²) in [6.07, 6.45) is -4.59. The number of alkyl halides is 3. The molecule has 8 heteroatoms. The van der Waals surface area contributed by atoms with Crippen LogP contribution in [0, 0.1) is 5.82 Å². The summed E-state index contributed by atoms with van der Waals surface area (Å²) >= 11 is 5.89. The van der Waals surface area contributed by atoms with Crippen molar-refractivity contribution in [2.45, 2.75) is 12.7 Å². The molecule has 0 saturated heterocycles. The van der Waals surface area contributed by atoms with Crippen molar-refractivity contribution in [1.29, 1.82) is 0 Å². The SMILES string of the molecule is CN(Cc1c(F)cccc1Cl)C(=O)COc1ccccc1C(F)(F)F. The molecule has 0 atom stereocenters. The number of hydrogen-bond donors (Lipinski definition) is 0. The Bertz CT molecular complexity index is 744. The van der Waals surface area contributed by atoms with Gasteiger partial charge >= 0.3 is 6.18 Å². The van der Waals surface area contributed by atoms with E-state index >= 15 is 0 Å². The Hall–Kier alpha value is -2.28. The molecule has 2 rings (SSSR count). The van der Waals surface area contributed by atoms with E-state index in [-0.39, 0.29) is 17.1 Å². The van der Waals surface area contributed by atoms with Gasteiger partial charge in [-0.3, -0.25) is 4.79 Å². The number of likely N-dealkylation sites (N-methyl/N-ethyl adjacent to an activating group) is 1. The number of ether oxygens (including phenoxy) is 1. The molecule has 3 nitrogen and oxygen atoms in total. The van der Waals surface area contributed by atoms with Crippen molar-refractivity contribution >= 4 is 17.5 Å². The van der Waals surface area contributed by atoms with Gasteiger partial charge in [0.15, 0.2) is 6.61 Å². The molecule has 0 fully saturated rings. The van der Waals surface area contributed by atoms with Gasteiger partial charge in [0.05, 0.1) is 5.56 Å². The van der Waals surface area contributed by atoms with E-state index in [9.17, 15) is 22.4 Å². The molecule has 0 aliphatic carbocycles. The first-order valence-electron chi connectivity index (χ1n) is 7.16. The van der Waals surface area contributed by atoms with Crippen LogP contribution in [0.4, 0.5) is 17.6 Å². The molecule has 0 N–H and O–H groups in total. The second kappa shape index (κ2) is 7.74. The summed E-state index contributed by atoms with van der Waals surface area (Å²) in [7, 11) is 1.38. The van der Waals surface area contributed by atoms with E-state index in [1.165, 1.54) is 37.4 Å². The molecule has 0 spiro atoms. The standard InChI is InChI=1S/C17H14ClF4NO2/c1-23(9-11-13(18)6-4-7-14(11)19)16(24)10-25-15-8-3-2-5-12(15)17(20,21)22/h2-8H,9-10H2,1H3. The Kier molecular flexibility index (Phi) is 5.89. The Labute approximate surface area is 146 Å². The molecule has 0 saturated carbocycles. The number of para-hydroxylation sites is 1. The lowest BCUT2D eigenvalue weighted by molar-refractivity contribution is -0.140. The lowest BCUT2D eigenvalue weighted by Gasteiger charge is -2.19. The van der Waals surface area contributed by atoms with Crippen molar-refractivity contribution in [3.63, 3.8) is 0 Å². The molecule has 0 unspecified atom stereocenters. The summed E-state index contributed by atoms with van der Waals surface area (Å²) < 4.78 is 57.4. The van der Waals surface area contributed by atoms with Crippen LogP contribution in [0.25, 0.3) is 0 Å². The maximum absolute atomic E-state index is 13.7. The van der Waals surface area contributed by atoms with Crippen molar-refractivity contribution in [3.8, 4) is 5.75 Å². The average Bonchev–Trinajstić information content (AvgIpc) is 2.55. The third kappa shape index (κ3) is 4.85. The molecule has 0 aliphatic heterocycles. The third-order valence-corrected chi connectivity index (χ3v) is 3.78.